The molecule has 1 atom stereocenters. The van der Waals surface area contributed by atoms with Crippen LogP contribution in [0.5, 0.6) is 0 Å². The van der Waals surface area contributed by atoms with E-state index in [1.54, 1.807) is 12.1 Å². The number of nitrogens with two attached hydrogens (primary N) is 2. The Labute approximate surface area is 80.9 Å². The Balaban J connectivity index is 2.46. The molecule has 0 bridgehead atoms. The molecule has 6 nitrogen and oxygen atoms in total. The first-order valence-corrected chi connectivity index (χ1v) is 4.02. The van der Waals surface area contributed by atoms with Crippen LogP contribution in [0.15, 0.2) is 18.3 Å². The summed E-state index contributed by atoms with van der Waals surface area (Å²) in [5, 5.41) is 11.8. The van der Waals surface area contributed by atoms with Gasteiger partial charge < -0.3 is 21.9 Å². The highest BCUT2D eigenvalue weighted by Gasteiger charge is 2.09. The number of hydrogen-bond donors (Lipinski definition) is 4. The van der Waals surface area contributed by atoms with Crippen LogP contribution in [-0.2, 0) is 4.79 Å². The highest BCUT2D eigenvalue weighted by molar-refractivity contribution is 5.79. The molecular weight excluding hydrogens is 184 g/mol. The quantitative estimate of drug-likeness (QED) is 0.489. The van der Waals surface area contributed by atoms with E-state index in [4.69, 9.17) is 16.6 Å². The van der Waals surface area contributed by atoms with Crippen LogP contribution in [0.2, 0.25) is 0 Å². The van der Waals surface area contributed by atoms with E-state index in [9.17, 15) is 4.79 Å². The van der Waals surface area contributed by atoms with Crippen LogP contribution in [0.4, 0.5) is 11.5 Å². The van der Waals surface area contributed by atoms with E-state index in [-0.39, 0.29) is 6.54 Å². The fraction of sp³-hybridized carbons (Fsp3) is 0.250. The summed E-state index contributed by atoms with van der Waals surface area (Å²) in [7, 11) is 0. The average Bonchev–Trinajstić information content (AvgIpc) is 2.16. The largest absolute Gasteiger partial charge is 0.397 e. The Kier molecular flexibility index (Phi) is 3.24. The van der Waals surface area contributed by atoms with Gasteiger partial charge in [0.25, 0.3) is 0 Å². The van der Waals surface area contributed by atoms with Gasteiger partial charge in [0.2, 0.25) is 5.91 Å². The maximum atomic E-state index is 10.5. The summed E-state index contributed by atoms with van der Waals surface area (Å²) in [6.07, 6.45) is 0.258. The van der Waals surface area contributed by atoms with Crippen molar-refractivity contribution in [1.82, 2.24) is 4.98 Å². The van der Waals surface area contributed by atoms with Gasteiger partial charge in [-0.1, -0.05) is 0 Å². The van der Waals surface area contributed by atoms with E-state index in [0.717, 1.165) is 0 Å². The van der Waals surface area contributed by atoms with Crippen molar-refractivity contribution in [3.8, 4) is 0 Å². The van der Waals surface area contributed by atoms with E-state index in [2.05, 4.69) is 10.3 Å². The van der Waals surface area contributed by atoms with Gasteiger partial charge in [0, 0.05) is 0 Å². The molecular formula is C8H12N4O2. The molecule has 0 spiro atoms. The van der Waals surface area contributed by atoms with Crippen molar-refractivity contribution < 1.29 is 9.90 Å². The Morgan fingerprint density at radius 3 is 2.86 bits per heavy atom. The maximum absolute atomic E-state index is 10.5. The Morgan fingerprint density at radius 2 is 2.36 bits per heavy atom. The number of pyridine rings is 1. The molecule has 1 unspecified atom stereocenters. The van der Waals surface area contributed by atoms with Crippen molar-refractivity contribution in [3.63, 3.8) is 0 Å². The zero-order chi connectivity index (χ0) is 10.6. The number of aliphatic hydroxyl groups excluding tert-OH is 1. The molecule has 6 N–H and O–H groups in total. The molecule has 76 valence electrons. The smallest absolute Gasteiger partial charge is 0.248 e. The zero-order valence-corrected chi connectivity index (χ0v) is 7.47. The number of primary amides is 1. The molecule has 0 fully saturated rings. The summed E-state index contributed by atoms with van der Waals surface area (Å²) >= 11 is 0. The average molecular weight is 196 g/mol. The van der Waals surface area contributed by atoms with Crippen molar-refractivity contribution in [2.45, 2.75) is 6.10 Å². The molecule has 0 saturated heterocycles. The number of nitrogens with zero attached hydrogens (tertiary/aromatic N) is 1. The number of anilines is 2. The molecule has 0 saturated carbocycles. The first-order valence-electron chi connectivity index (χ1n) is 4.02. The Bertz CT molecular complexity index is 312. The van der Waals surface area contributed by atoms with Crippen LogP contribution in [-0.4, -0.2) is 28.6 Å². The molecule has 0 aromatic carbocycles. The predicted molar refractivity (Wildman–Crippen MR) is 52.3 cm³/mol. The first-order chi connectivity index (χ1) is 6.59. The van der Waals surface area contributed by atoms with E-state index < -0.39 is 12.0 Å². The van der Waals surface area contributed by atoms with Crippen molar-refractivity contribution in [2.24, 2.45) is 5.73 Å². The number of nitrogens with one attached hydrogen (secondary N) is 1. The van der Waals surface area contributed by atoms with E-state index >= 15 is 0 Å². The van der Waals surface area contributed by atoms with Crippen LogP contribution in [0.1, 0.15) is 0 Å². The minimum absolute atomic E-state index is 0.0340. The molecule has 0 radical (unpaired) electrons. The van der Waals surface area contributed by atoms with E-state index in [1.165, 1.54) is 6.20 Å². The van der Waals surface area contributed by atoms with E-state index in [0.29, 0.717) is 11.5 Å². The van der Waals surface area contributed by atoms with Crippen molar-refractivity contribution in [1.29, 1.82) is 0 Å². The highest BCUT2D eigenvalue weighted by Crippen LogP contribution is 2.05. The standard InChI is InChI=1S/C8H12N4O2/c9-5-1-2-7(11-3-5)12-4-6(13)8(10)14/h1-3,6,13H,4,9H2,(H2,10,14)(H,11,12). The predicted octanol–water partition coefficient (Wildman–Crippen LogP) is -1.08. The van der Waals surface area contributed by atoms with Crippen LogP contribution in [0, 0.1) is 0 Å². The molecule has 0 aliphatic carbocycles. The molecule has 6 heteroatoms. The minimum Gasteiger partial charge on any atom is -0.397 e. The zero-order valence-electron chi connectivity index (χ0n) is 7.47. The second kappa shape index (κ2) is 4.43. The van der Waals surface area contributed by atoms with Gasteiger partial charge in [0.1, 0.15) is 11.9 Å². The second-order valence-corrected chi connectivity index (χ2v) is 2.78. The Hall–Kier alpha value is -1.82. The summed E-state index contributed by atoms with van der Waals surface area (Å²) in [5.41, 5.74) is 10.8. The summed E-state index contributed by atoms with van der Waals surface area (Å²) in [6.45, 7) is 0.0340. The van der Waals surface area contributed by atoms with Crippen molar-refractivity contribution in [3.05, 3.63) is 18.3 Å². The monoisotopic (exact) mass is 196 g/mol. The lowest BCUT2D eigenvalue weighted by Gasteiger charge is -2.08. The van der Waals surface area contributed by atoms with Crippen LogP contribution in [0.3, 0.4) is 0 Å². The number of aromatic nitrogens is 1. The van der Waals surface area contributed by atoms with Crippen molar-refractivity contribution >= 4 is 17.4 Å². The number of aliphatic hydroxyl groups is 1. The summed E-state index contributed by atoms with van der Waals surface area (Å²) in [6, 6.07) is 3.30. The normalized spacial score (nSPS) is 12.1. The van der Waals surface area contributed by atoms with Gasteiger partial charge in [-0.05, 0) is 12.1 Å². The number of nitrogen functional groups attached to an aromatic ring is 1. The number of amides is 1. The molecule has 1 rings (SSSR count). The highest BCUT2D eigenvalue weighted by atomic mass is 16.3. The fourth-order valence-electron chi connectivity index (χ4n) is 0.812. The maximum Gasteiger partial charge on any atom is 0.248 e. The fourth-order valence-corrected chi connectivity index (χ4v) is 0.812. The SMILES string of the molecule is NC(=O)C(O)CNc1ccc(N)cn1. The summed E-state index contributed by atoms with van der Waals surface area (Å²) in [4.78, 5) is 14.4. The van der Waals surface area contributed by atoms with E-state index in [1.807, 2.05) is 0 Å². The van der Waals surface area contributed by atoms with Crippen LogP contribution < -0.4 is 16.8 Å². The van der Waals surface area contributed by atoms with Crippen LogP contribution in [0.25, 0.3) is 0 Å². The van der Waals surface area contributed by atoms with Gasteiger partial charge in [0.05, 0.1) is 18.4 Å². The van der Waals surface area contributed by atoms with Gasteiger partial charge in [0.15, 0.2) is 0 Å². The third kappa shape index (κ3) is 2.91. The summed E-state index contributed by atoms with van der Waals surface area (Å²) < 4.78 is 0. The lowest BCUT2D eigenvalue weighted by molar-refractivity contribution is -0.125. The molecule has 1 amide bonds. The lowest BCUT2D eigenvalue weighted by Crippen LogP contribution is -2.34. The third-order valence-corrected chi connectivity index (χ3v) is 1.59. The molecule has 1 heterocycles. The van der Waals surface area contributed by atoms with Gasteiger partial charge in [-0.25, -0.2) is 4.98 Å². The van der Waals surface area contributed by atoms with Gasteiger partial charge in [-0.2, -0.15) is 0 Å². The van der Waals surface area contributed by atoms with Gasteiger partial charge in [-0.3, -0.25) is 4.79 Å². The second-order valence-electron chi connectivity index (χ2n) is 2.78. The number of carbonyl (C=O) groups is 1. The molecule has 1 aromatic heterocycles. The van der Waals surface area contributed by atoms with Gasteiger partial charge >= 0.3 is 0 Å². The number of carbonyl (C=O) groups excluding carboxylic acids is 1. The summed E-state index contributed by atoms with van der Waals surface area (Å²) in [5.74, 6) is -0.243. The third-order valence-electron chi connectivity index (χ3n) is 1.59. The van der Waals surface area contributed by atoms with Gasteiger partial charge in [-0.15, -0.1) is 0 Å². The molecule has 1 aromatic rings. The lowest BCUT2D eigenvalue weighted by atomic mass is 10.3. The number of hydrogen-bond acceptors (Lipinski definition) is 5. The molecule has 14 heavy (non-hydrogen) atoms. The van der Waals surface area contributed by atoms with Crippen LogP contribution >= 0.6 is 0 Å². The Morgan fingerprint density at radius 1 is 1.64 bits per heavy atom. The van der Waals surface area contributed by atoms with Crippen molar-refractivity contribution in [2.75, 3.05) is 17.6 Å². The molecule has 0 aliphatic heterocycles. The molecule has 0 aliphatic rings. The topological polar surface area (TPSA) is 114 Å². The number of rotatable bonds is 4. The minimum atomic E-state index is -1.21. The first kappa shape index (κ1) is 10.3.